The molecule has 0 aliphatic heterocycles. The van der Waals surface area contributed by atoms with Gasteiger partial charge in [0.25, 0.3) is 0 Å². The molecule has 3 N–H and O–H groups in total. The minimum absolute atomic E-state index is 0. The largest absolute Gasteiger partial charge is 2.00 e. The fourth-order valence-electron chi connectivity index (χ4n) is 0. The van der Waals surface area contributed by atoms with Crippen LogP contribution in [0.25, 0.3) is 0 Å². The maximum atomic E-state index is 8.88. The zero-order valence-corrected chi connectivity index (χ0v) is 9.68. The molecule has 0 spiro atoms. The normalized spacial score (nSPS) is 7.38. The Balaban J connectivity index is -0.00000000800. The first-order chi connectivity index (χ1) is 2.00. The average Bonchev–Trinajstić information content (AvgIpc) is 0.722. The maximum absolute atomic E-state index is 8.88. The van der Waals surface area contributed by atoms with Crippen molar-refractivity contribution in [3.63, 3.8) is 0 Å². The Bertz CT molecular complexity index is 69.4. The summed E-state index contributed by atoms with van der Waals surface area (Å²) in [6.45, 7) is 0. The predicted molar refractivity (Wildman–Crippen MR) is 32.2 cm³/mol. The molecule has 0 heterocycles. The maximum Gasteiger partial charge on any atom is 2.00 e. The zero-order valence-electron chi connectivity index (χ0n) is 5.61. The van der Waals surface area contributed by atoms with Crippen molar-refractivity contribution in [3.8, 4) is 0 Å². The molecule has 0 aliphatic carbocycles. The van der Waals surface area contributed by atoms with E-state index in [1.165, 1.54) is 0 Å². The van der Waals surface area contributed by atoms with E-state index in [1.807, 2.05) is 0 Å². The van der Waals surface area contributed by atoms with Gasteiger partial charge in [-0.3, -0.25) is 0 Å². The van der Waals surface area contributed by atoms with Crippen LogP contribution in [0.15, 0.2) is 0 Å². The van der Waals surface area contributed by atoms with Gasteiger partial charge in [-0.05, 0) is 0 Å². The van der Waals surface area contributed by atoms with Gasteiger partial charge >= 0.3 is 45.6 Å². The molecule has 0 aromatic heterocycles. The van der Waals surface area contributed by atoms with Crippen LogP contribution in [0.2, 0.25) is 0 Å². The Morgan fingerprint density at radius 3 is 1.25 bits per heavy atom. The summed E-state index contributed by atoms with van der Waals surface area (Å²) >= 11 is 0. The second kappa shape index (κ2) is 9.53. The van der Waals surface area contributed by atoms with Crippen LogP contribution < -0.4 is 0 Å². The summed E-state index contributed by atoms with van der Waals surface area (Å²) in [7, 11) is -4.64. The first-order valence-corrected chi connectivity index (χ1v) is 2.35. The van der Waals surface area contributed by atoms with Crippen LogP contribution in [0.5, 0.6) is 0 Å². The van der Waals surface area contributed by atoms with Gasteiger partial charge in [0.15, 0.2) is 17.4 Å². The van der Waals surface area contributed by atoms with Crippen molar-refractivity contribution in [2.24, 2.45) is 0 Å². The van der Waals surface area contributed by atoms with Crippen LogP contribution >= 0.6 is 7.82 Å². The average molecular weight is 235 g/mol. The van der Waals surface area contributed by atoms with Gasteiger partial charge in [-0.15, -0.1) is 0 Å². The van der Waals surface area contributed by atoms with Gasteiger partial charge < -0.3 is 17.5 Å². The van der Waals surface area contributed by atoms with E-state index in [-0.39, 0.29) is 77.4 Å². The Hall–Kier alpha value is 2.53. The van der Waals surface area contributed by atoms with Crippen molar-refractivity contribution < 1.29 is 41.6 Å². The standard InChI is InChI=1S/Al.Ca.H3O4P.Zn.5H/c;;1-5(2,3)4;;;;;;/h;;(H3,1,2,3,4);;;;;;/q;+2;;;;;;2*-1. The molecule has 0 bridgehead atoms. The van der Waals surface area contributed by atoms with Gasteiger partial charge in [-0.25, -0.2) is 4.57 Å². The molecule has 0 rings (SSSR count). The van der Waals surface area contributed by atoms with Gasteiger partial charge in [-0.2, -0.15) is 0 Å². The summed E-state index contributed by atoms with van der Waals surface area (Å²) < 4.78 is 8.88. The Morgan fingerprint density at radius 2 is 1.25 bits per heavy atom. The topological polar surface area (TPSA) is 77.8 Å². The van der Waals surface area contributed by atoms with Crippen LogP contribution in [0.3, 0.4) is 0 Å². The van der Waals surface area contributed by atoms with E-state index in [4.69, 9.17) is 19.2 Å². The second-order valence-corrected chi connectivity index (χ2v) is 1.54. The third-order valence-corrected chi connectivity index (χ3v) is 0. The van der Waals surface area contributed by atoms with Gasteiger partial charge in [0.05, 0.1) is 0 Å². The van der Waals surface area contributed by atoms with Crippen molar-refractivity contribution in [2.45, 2.75) is 0 Å². The molecule has 0 aliphatic rings. The zero-order chi connectivity index (χ0) is 4.50. The number of hydrogen-bond acceptors (Lipinski definition) is 1. The SMILES string of the molecule is O=P(O)(O)O.[AlH3].[Ca+2].[H-].[H-].[Zn]. The summed E-state index contributed by atoms with van der Waals surface area (Å²) in [4.78, 5) is 21.6. The summed E-state index contributed by atoms with van der Waals surface area (Å²) in [6.07, 6.45) is 0. The predicted octanol–water partition coefficient (Wildman–Crippen LogP) is -2.27. The Morgan fingerprint density at radius 1 is 1.25 bits per heavy atom. The third kappa shape index (κ3) is 75.7. The molecule has 0 unspecified atom stereocenters. The third-order valence-electron chi connectivity index (χ3n) is 0. The van der Waals surface area contributed by atoms with Gasteiger partial charge in [-0.1, -0.05) is 0 Å². The molecule has 0 saturated carbocycles. The monoisotopic (exact) mass is 234 g/mol. The van der Waals surface area contributed by atoms with E-state index in [9.17, 15) is 0 Å². The molecule has 0 amide bonds. The number of rotatable bonds is 0. The van der Waals surface area contributed by atoms with E-state index < -0.39 is 7.82 Å². The molecule has 8 heteroatoms. The van der Waals surface area contributed by atoms with Gasteiger partial charge in [0.1, 0.15) is 0 Å². The Labute approximate surface area is 103 Å². The molecule has 0 radical (unpaired) electrons. The van der Waals surface area contributed by atoms with E-state index in [0.29, 0.717) is 0 Å². The van der Waals surface area contributed by atoms with E-state index >= 15 is 0 Å². The van der Waals surface area contributed by atoms with E-state index in [1.54, 1.807) is 0 Å². The van der Waals surface area contributed by atoms with Crippen molar-refractivity contribution in [1.82, 2.24) is 0 Å². The number of hydrogen-bond donors (Lipinski definition) is 3. The minimum Gasteiger partial charge on any atom is -1.00 e. The summed E-state index contributed by atoms with van der Waals surface area (Å²) in [5.41, 5.74) is 0. The summed E-state index contributed by atoms with van der Waals surface area (Å²) in [5.74, 6) is 0. The first kappa shape index (κ1) is 22.4. The fraction of sp³-hybridized carbons (Fsp3) is 0. The molecule has 0 atom stereocenters. The van der Waals surface area contributed by atoms with Crippen LogP contribution in [0.1, 0.15) is 2.85 Å². The van der Waals surface area contributed by atoms with Crippen molar-refractivity contribution in [1.29, 1.82) is 0 Å². The van der Waals surface area contributed by atoms with Gasteiger partial charge in [0, 0.05) is 19.5 Å². The molecule has 4 nitrogen and oxygen atoms in total. The molecule has 0 aromatic carbocycles. The van der Waals surface area contributed by atoms with E-state index in [2.05, 4.69) is 0 Å². The molecule has 8 heavy (non-hydrogen) atoms. The molecular weight excluding hydrogens is 227 g/mol. The van der Waals surface area contributed by atoms with Crippen molar-refractivity contribution in [2.75, 3.05) is 0 Å². The van der Waals surface area contributed by atoms with Crippen molar-refractivity contribution in [3.05, 3.63) is 0 Å². The minimum atomic E-state index is -4.64. The molecule has 0 aromatic rings. The first-order valence-electron chi connectivity index (χ1n) is 0.783. The van der Waals surface area contributed by atoms with Crippen molar-refractivity contribution >= 4 is 62.9 Å². The Kier molecular flexibility index (Phi) is 26.7. The summed E-state index contributed by atoms with van der Waals surface area (Å²) in [6, 6.07) is 0. The fourth-order valence-corrected chi connectivity index (χ4v) is 0. The molecular formula is H8AlCaO4PZn. The smallest absolute Gasteiger partial charge is 1.00 e. The van der Waals surface area contributed by atoms with Crippen LogP contribution in [0, 0.1) is 0 Å². The molecule has 0 fully saturated rings. The van der Waals surface area contributed by atoms with Crippen LogP contribution in [-0.2, 0) is 24.0 Å². The summed E-state index contributed by atoms with van der Waals surface area (Å²) in [5, 5.41) is 0. The van der Waals surface area contributed by atoms with E-state index in [0.717, 1.165) is 0 Å². The quantitative estimate of drug-likeness (QED) is 0.327. The van der Waals surface area contributed by atoms with Crippen LogP contribution in [-0.4, -0.2) is 69.8 Å². The second-order valence-electron chi connectivity index (χ2n) is 0.513. The number of phosphoric acid groups is 1. The molecule has 44 valence electrons. The van der Waals surface area contributed by atoms with Gasteiger partial charge in [0.2, 0.25) is 0 Å². The molecule has 0 saturated heterocycles. The van der Waals surface area contributed by atoms with Crippen LogP contribution in [0.4, 0.5) is 0 Å².